The largest absolute Gasteiger partial charge is 0.375 e. The molecule has 1 N–H and O–H groups in total. The maximum Gasteiger partial charge on any atom is 0.243 e. The van der Waals surface area contributed by atoms with E-state index in [9.17, 15) is 0 Å². The molecule has 3 rings (SSSR count). The highest BCUT2D eigenvalue weighted by atomic mass is 16.5. The van der Waals surface area contributed by atoms with Gasteiger partial charge >= 0.3 is 0 Å². The molecule has 1 aliphatic heterocycles. The number of hydrogen-bond acceptors (Lipinski definition) is 4. The predicted molar refractivity (Wildman–Crippen MR) is 74.4 cm³/mol. The van der Waals surface area contributed by atoms with Gasteiger partial charge in [0.25, 0.3) is 0 Å². The van der Waals surface area contributed by atoms with Crippen LogP contribution in [0.3, 0.4) is 0 Å². The van der Waals surface area contributed by atoms with Gasteiger partial charge in [0.05, 0.1) is 5.60 Å². The monoisotopic (exact) mass is 260 g/mol. The molecular weight excluding hydrogens is 240 g/mol. The lowest BCUT2D eigenvalue weighted by Crippen LogP contribution is -2.40. The fourth-order valence-corrected chi connectivity index (χ4v) is 2.58. The predicted octanol–water partition coefficient (Wildman–Crippen LogP) is 2.41. The van der Waals surface area contributed by atoms with E-state index in [0.29, 0.717) is 12.0 Å². The highest BCUT2D eigenvalue weighted by molar-refractivity contribution is 5.45. The van der Waals surface area contributed by atoms with Gasteiger partial charge < -0.3 is 10.1 Å². The Labute approximate surface area is 113 Å². The summed E-state index contributed by atoms with van der Waals surface area (Å²) < 4.78 is 7.53. The molecule has 1 saturated heterocycles. The zero-order valence-corrected chi connectivity index (χ0v) is 11.7. The van der Waals surface area contributed by atoms with Crippen LogP contribution in [0.1, 0.15) is 32.3 Å². The summed E-state index contributed by atoms with van der Waals surface area (Å²) in [6.45, 7) is 7.10. The van der Waals surface area contributed by atoms with E-state index in [-0.39, 0.29) is 5.60 Å². The van der Waals surface area contributed by atoms with Crippen molar-refractivity contribution >= 4 is 11.6 Å². The summed E-state index contributed by atoms with van der Waals surface area (Å²) in [6.07, 6.45) is 3.91. The molecule has 19 heavy (non-hydrogen) atoms. The van der Waals surface area contributed by atoms with E-state index in [1.807, 2.05) is 18.3 Å². The quantitative estimate of drug-likeness (QED) is 0.901. The van der Waals surface area contributed by atoms with E-state index in [0.717, 1.165) is 25.1 Å². The highest BCUT2D eigenvalue weighted by Crippen LogP contribution is 2.25. The van der Waals surface area contributed by atoms with E-state index < -0.39 is 0 Å². The maximum atomic E-state index is 5.72. The Kier molecular flexibility index (Phi) is 2.93. The molecular formula is C14H20N4O. The molecule has 0 aromatic carbocycles. The van der Waals surface area contributed by atoms with Gasteiger partial charge in [-0.2, -0.15) is 4.98 Å². The van der Waals surface area contributed by atoms with Crippen molar-refractivity contribution in [2.24, 2.45) is 0 Å². The van der Waals surface area contributed by atoms with Crippen LogP contribution in [0.5, 0.6) is 0 Å². The van der Waals surface area contributed by atoms with Crippen molar-refractivity contribution in [3.63, 3.8) is 0 Å². The molecule has 2 aromatic rings. The van der Waals surface area contributed by atoms with Crippen LogP contribution in [0.2, 0.25) is 0 Å². The Morgan fingerprint density at radius 3 is 3.11 bits per heavy atom. The van der Waals surface area contributed by atoms with E-state index in [2.05, 4.69) is 36.2 Å². The number of fused-ring (bicyclic) bond motifs is 1. The van der Waals surface area contributed by atoms with Crippen molar-refractivity contribution in [1.29, 1.82) is 0 Å². The molecule has 1 aliphatic rings. The second-order valence-electron chi connectivity index (χ2n) is 5.88. The highest BCUT2D eigenvalue weighted by Gasteiger charge is 2.29. The third kappa shape index (κ3) is 2.71. The lowest BCUT2D eigenvalue weighted by atomic mass is 9.94. The second-order valence-corrected chi connectivity index (χ2v) is 5.88. The average molecular weight is 260 g/mol. The number of rotatable bonds is 2. The van der Waals surface area contributed by atoms with Crippen molar-refractivity contribution < 1.29 is 4.74 Å². The molecule has 3 heterocycles. The molecule has 0 saturated carbocycles. The molecule has 1 unspecified atom stereocenters. The van der Waals surface area contributed by atoms with E-state index in [4.69, 9.17) is 4.74 Å². The van der Waals surface area contributed by atoms with Crippen molar-refractivity contribution in [2.75, 3.05) is 11.9 Å². The molecule has 0 aliphatic carbocycles. The minimum atomic E-state index is -0.0638. The first-order valence-corrected chi connectivity index (χ1v) is 6.75. The van der Waals surface area contributed by atoms with Gasteiger partial charge in [-0.1, -0.05) is 0 Å². The lowest BCUT2D eigenvalue weighted by Gasteiger charge is -2.35. The van der Waals surface area contributed by atoms with E-state index in [1.54, 1.807) is 4.52 Å². The summed E-state index contributed by atoms with van der Waals surface area (Å²) in [5.41, 5.74) is 2.01. The fraction of sp³-hybridized carbons (Fsp3) is 0.571. The molecule has 5 nitrogen and oxygen atoms in total. The van der Waals surface area contributed by atoms with Gasteiger partial charge in [-0.3, -0.25) is 0 Å². The summed E-state index contributed by atoms with van der Waals surface area (Å²) in [4.78, 5) is 4.52. The molecule has 2 aromatic heterocycles. The first-order valence-electron chi connectivity index (χ1n) is 6.75. The standard InChI is InChI=1S/C14H20N4O/c1-10-4-6-18-12(8-10)16-13(17-18)15-11-5-7-19-14(2,3)9-11/h4,6,8,11H,5,7,9H2,1-3H3,(H,15,17). The smallest absolute Gasteiger partial charge is 0.243 e. The maximum absolute atomic E-state index is 5.72. The van der Waals surface area contributed by atoms with E-state index in [1.165, 1.54) is 5.56 Å². The molecule has 0 amide bonds. The average Bonchev–Trinajstić information content (AvgIpc) is 2.68. The molecule has 102 valence electrons. The van der Waals surface area contributed by atoms with Crippen molar-refractivity contribution in [3.05, 3.63) is 23.9 Å². The van der Waals surface area contributed by atoms with Gasteiger partial charge in [-0.25, -0.2) is 4.52 Å². The summed E-state index contributed by atoms with van der Waals surface area (Å²) in [5.74, 6) is 0.702. The first-order chi connectivity index (χ1) is 9.02. The van der Waals surface area contributed by atoms with Crippen LogP contribution in [-0.2, 0) is 4.74 Å². The van der Waals surface area contributed by atoms with Gasteiger partial charge in [0.1, 0.15) is 0 Å². The van der Waals surface area contributed by atoms with Gasteiger partial charge in [-0.15, -0.1) is 5.10 Å². The van der Waals surface area contributed by atoms with E-state index >= 15 is 0 Å². The fourth-order valence-electron chi connectivity index (χ4n) is 2.58. The summed E-state index contributed by atoms with van der Waals surface area (Å²) >= 11 is 0. The molecule has 0 radical (unpaired) electrons. The Hall–Kier alpha value is -1.62. The first kappa shape index (κ1) is 12.4. The van der Waals surface area contributed by atoms with Crippen LogP contribution in [0.15, 0.2) is 18.3 Å². The Morgan fingerprint density at radius 1 is 1.47 bits per heavy atom. The van der Waals surface area contributed by atoms with Crippen LogP contribution < -0.4 is 5.32 Å². The second kappa shape index (κ2) is 4.49. The van der Waals surface area contributed by atoms with Gasteiger partial charge in [-0.05, 0) is 51.3 Å². The van der Waals surface area contributed by atoms with Crippen LogP contribution in [0.4, 0.5) is 5.95 Å². The Morgan fingerprint density at radius 2 is 2.32 bits per heavy atom. The van der Waals surface area contributed by atoms with Gasteiger partial charge in [0.2, 0.25) is 5.95 Å². The van der Waals surface area contributed by atoms with Crippen molar-refractivity contribution in [3.8, 4) is 0 Å². The SMILES string of the molecule is Cc1ccn2nc(NC3CCOC(C)(C)C3)nc2c1. The van der Waals surface area contributed by atoms with Crippen LogP contribution in [-0.4, -0.2) is 32.8 Å². The number of hydrogen-bond donors (Lipinski definition) is 1. The number of aromatic nitrogens is 3. The summed E-state index contributed by atoms with van der Waals surface area (Å²) in [6, 6.07) is 4.44. The van der Waals surface area contributed by atoms with Gasteiger partial charge in [0.15, 0.2) is 5.65 Å². The van der Waals surface area contributed by atoms with Crippen LogP contribution >= 0.6 is 0 Å². The zero-order chi connectivity index (χ0) is 13.5. The molecule has 0 spiro atoms. The number of ether oxygens (including phenoxy) is 1. The third-order valence-corrected chi connectivity index (χ3v) is 3.52. The number of aryl methyl sites for hydroxylation is 1. The molecule has 1 atom stereocenters. The summed E-state index contributed by atoms with van der Waals surface area (Å²) in [5, 5.41) is 7.87. The number of pyridine rings is 1. The summed E-state index contributed by atoms with van der Waals surface area (Å²) in [7, 11) is 0. The third-order valence-electron chi connectivity index (χ3n) is 3.52. The van der Waals surface area contributed by atoms with Crippen LogP contribution in [0.25, 0.3) is 5.65 Å². The van der Waals surface area contributed by atoms with Crippen LogP contribution in [0, 0.1) is 6.92 Å². The van der Waals surface area contributed by atoms with Crippen molar-refractivity contribution in [2.45, 2.75) is 45.3 Å². The van der Waals surface area contributed by atoms with Gasteiger partial charge in [0, 0.05) is 18.8 Å². The Balaban J connectivity index is 1.77. The lowest BCUT2D eigenvalue weighted by molar-refractivity contribution is -0.0553. The molecule has 1 fully saturated rings. The number of anilines is 1. The van der Waals surface area contributed by atoms with Crippen molar-refractivity contribution in [1.82, 2.24) is 14.6 Å². The topological polar surface area (TPSA) is 51.5 Å². The Bertz CT molecular complexity index is 590. The molecule has 5 heteroatoms. The number of nitrogens with zero attached hydrogens (tertiary/aromatic N) is 3. The normalized spacial score (nSPS) is 22.6. The zero-order valence-electron chi connectivity index (χ0n) is 11.7. The minimum Gasteiger partial charge on any atom is -0.375 e. The molecule has 0 bridgehead atoms. The number of nitrogens with one attached hydrogen (secondary N) is 1. The minimum absolute atomic E-state index is 0.0638.